The fraction of sp³-hybridized carbons (Fsp3) is 0.941. The van der Waals surface area contributed by atoms with E-state index in [-0.39, 0.29) is 0 Å². The normalized spacial score (nSPS) is 31.9. The van der Waals surface area contributed by atoms with Crippen molar-refractivity contribution in [3.8, 4) is 0 Å². The van der Waals surface area contributed by atoms with Crippen molar-refractivity contribution < 1.29 is 14.3 Å². The van der Waals surface area contributed by atoms with Crippen LogP contribution in [0.1, 0.15) is 38.5 Å². The number of nitrogens with zero attached hydrogens (tertiary/aromatic N) is 2. The number of hydrogen-bond donors (Lipinski definition) is 0. The van der Waals surface area contributed by atoms with Crippen molar-refractivity contribution >= 4 is 5.91 Å². The minimum atomic E-state index is 0.311. The third kappa shape index (κ3) is 3.63. The first-order chi connectivity index (χ1) is 10.7. The number of carbonyl (C=O) groups excluding carboxylic acids is 1. The number of piperidine rings is 2. The largest absolute Gasteiger partial charge is 0.383 e. The maximum Gasteiger partial charge on any atom is 0.222 e. The number of amides is 1. The fourth-order valence-electron chi connectivity index (χ4n) is 4.45. The molecule has 3 heterocycles. The van der Waals surface area contributed by atoms with Gasteiger partial charge in [-0.2, -0.15) is 0 Å². The molecule has 0 aromatic heterocycles. The van der Waals surface area contributed by atoms with Crippen molar-refractivity contribution in [3.05, 3.63) is 0 Å². The van der Waals surface area contributed by atoms with Crippen LogP contribution < -0.4 is 0 Å². The van der Waals surface area contributed by atoms with Crippen molar-refractivity contribution in [3.63, 3.8) is 0 Å². The smallest absolute Gasteiger partial charge is 0.222 e. The Kier molecular flexibility index (Phi) is 5.37. The van der Waals surface area contributed by atoms with E-state index in [2.05, 4.69) is 4.90 Å². The number of rotatable bonds is 4. The lowest BCUT2D eigenvalue weighted by Gasteiger charge is -2.50. The number of methoxy groups -OCH3 is 1. The van der Waals surface area contributed by atoms with Gasteiger partial charge in [-0.05, 0) is 38.6 Å². The number of hydrogen-bond acceptors (Lipinski definition) is 4. The molecule has 0 unspecified atom stereocenters. The van der Waals surface area contributed by atoms with E-state index in [1.165, 1.54) is 32.2 Å². The summed E-state index contributed by atoms with van der Waals surface area (Å²) in [5.74, 6) is 0.311. The molecule has 0 saturated carbocycles. The van der Waals surface area contributed by atoms with Crippen LogP contribution >= 0.6 is 0 Å². The lowest BCUT2D eigenvalue weighted by Crippen LogP contribution is -2.56. The Morgan fingerprint density at radius 3 is 2.86 bits per heavy atom. The Labute approximate surface area is 133 Å². The average molecular weight is 310 g/mol. The summed E-state index contributed by atoms with van der Waals surface area (Å²) in [5.41, 5.74) is 0.318. The third-order valence-corrected chi connectivity index (χ3v) is 5.71. The van der Waals surface area contributed by atoms with E-state index in [0.29, 0.717) is 30.4 Å². The Balaban J connectivity index is 1.62. The molecule has 1 amide bonds. The lowest BCUT2D eigenvalue weighted by molar-refractivity contribution is -0.140. The molecule has 0 bridgehead atoms. The lowest BCUT2D eigenvalue weighted by atomic mass is 9.73. The van der Waals surface area contributed by atoms with E-state index in [1.54, 1.807) is 7.11 Å². The van der Waals surface area contributed by atoms with E-state index in [9.17, 15) is 4.79 Å². The molecule has 3 fully saturated rings. The fourth-order valence-corrected chi connectivity index (χ4v) is 4.45. The van der Waals surface area contributed by atoms with Crippen LogP contribution in [0.2, 0.25) is 0 Å². The van der Waals surface area contributed by atoms with Gasteiger partial charge < -0.3 is 14.4 Å². The Morgan fingerprint density at radius 1 is 1.27 bits per heavy atom. The first kappa shape index (κ1) is 16.2. The van der Waals surface area contributed by atoms with Crippen molar-refractivity contribution in [2.75, 3.05) is 53.1 Å². The second-order valence-electron chi connectivity index (χ2n) is 7.23. The minimum absolute atomic E-state index is 0.311. The molecule has 1 atom stereocenters. The molecule has 0 aliphatic carbocycles. The van der Waals surface area contributed by atoms with Crippen molar-refractivity contribution in [1.82, 2.24) is 9.80 Å². The molecule has 3 saturated heterocycles. The SMILES string of the molecule is COCCN1C[C@]2(CCCN(C3CCOCC3)C2)CCC1=O. The van der Waals surface area contributed by atoms with Gasteiger partial charge in [0.2, 0.25) is 5.91 Å². The van der Waals surface area contributed by atoms with Gasteiger partial charge in [0.1, 0.15) is 0 Å². The number of carbonyl (C=O) groups is 1. The number of likely N-dealkylation sites (tertiary alicyclic amines) is 2. The van der Waals surface area contributed by atoms with Crippen LogP contribution in [0.25, 0.3) is 0 Å². The molecule has 3 rings (SSSR count). The molecule has 22 heavy (non-hydrogen) atoms. The summed E-state index contributed by atoms with van der Waals surface area (Å²) in [7, 11) is 1.71. The van der Waals surface area contributed by atoms with Crippen LogP contribution in [0.15, 0.2) is 0 Å². The molecule has 5 heteroatoms. The standard InChI is InChI=1S/C17H30N2O3/c1-21-12-9-19-14-17(7-3-16(19)20)6-2-8-18(13-17)15-4-10-22-11-5-15/h15H,2-14H2,1H3/t17-/m1/s1. The van der Waals surface area contributed by atoms with Gasteiger partial charge in [0.05, 0.1) is 6.61 Å². The molecule has 5 nitrogen and oxygen atoms in total. The zero-order valence-electron chi connectivity index (χ0n) is 13.9. The van der Waals surface area contributed by atoms with Gasteiger partial charge in [0.15, 0.2) is 0 Å². The van der Waals surface area contributed by atoms with Gasteiger partial charge in [-0.1, -0.05) is 0 Å². The van der Waals surface area contributed by atoms with Crippen molar-refractivity contribution in [1.29, 1.82) is 0 Å². The Hall–Kier alpha value is -0.650. The van der Waals surface area contributed by atoms with Crippen molar-refractivity contribution in [2.45, 2.75) is 44.6 Å². The van der Waals surface area contributed by atoms with Gasteiger partial charge in [-0.3, -0.25) is 9.69 Å². The maximum atomic E-state index is 12.1. The predicted molar refractivity (Wildman–Crippen MR) is 84.8 cm³/mol. The molecular weight excluding hydrogens is 280 g/mol. The number of ether oxygens (including phenoxy) is 2. The van der Waals surface area contributed by atoms with Crippen molar-refractivity contribution in [2.24, 2.45) is 5.41 Å². The second kappa shape index (κ2) is 7.28. The summed E-state index contributed by atoms with van der Waals surface area (Å²) in [4.78, 5) is 16.9. The molecule has 0 aromatic carbocycles. The summed E-state index contributed by atoms with van der Waals surface area (Å²) in [6.45, 7) is 6.51. The summed E-state index contributed by atoms with van der Waals surface area (Å²) < 4.78 is 10.7. The predicted octanol–water partition coefficient (Wildman–Crippen LogP) is 1.52. The molecule has 126 valence electrons. The minimum Gasteiger partial charge on any atom is -0.383 e. The van der Waals surface area contributed by atoms with E-state index >= 15 is 0 Å². The highest BCUT2D eigenvalue weighted by atomic mass is 16.5. The first-order valence-electron chi connectivity index (χ1n) is 8.81. The van der Waals surface area contributed by atoms with Gasteiger partial charge in [0, 0.05) is 57.8 Å². The third-order valence-electron chi connectivity index (χ3n) is 5.71. The first-order valence-corrected chi connectivity index (χ1v) is 8.81. The highest BCUT2D eigenvalue weighted by molar-refractivity contribution is 5.77. The Bertz CT molecular complexity index is 384. The molecule has 3 aliphatic rings. The summed E-state index contributed by atoms with van der Waals surface area (Å²) in [6.07, 6.45) is 6.65. The van der Waals surface area contributed by atoms with E-state index in [0.717, 1.165) is 39.3 Å². The van der Waals surface area contributed by atoms with Gasteiger partial charge in [-0.15, -0.1) is 0 Å². The van der Waals surface area contributed by atoms with Gasteiger partial charge in [-0.25, -0.2) is 0 Å². The summed E-state index contributed by atoms with van der Waals surface area (Å²) in [5, 5.41) is 0. The molecule has 0 aromatic rings. The van der Waals surface area contributed by atoms with Crippen LogP contribution in [-0.2, 0) is 14.3 Å². The topological polar surface area (TPSA) is 42.0 Å². The van der Waals surface area contributed by atoms with Gasteiger partial charge in [0.25, 0.3) is 0 Å². The van der Waals surface area contributed by atoms with Crippen LogP contribution in [0.5, 0.6) is 0 Å². The highest BCUT2D eigenvalue weighted by Crippen LogP contribution is 2.40. The van der Waals surface area contributed by atoms with Gasteiger partial charge >= 0.3 is 0 Å². The van der Waals surface area contributed by atoms with E-state index in [4.69, 9.17) is 9.47 Å². The quantitative estimate of drug-likeness (QED) is 0.789. The summed E-state index contributed by atoms with van der Waals surface area (Å²) >= 11 is 0. The molecule has 1 spiro atoms. The molecule has 0 radical (unpaired) electrons. The van der Waals surface area contributed by atoms with E-state index < -0.39 is 0 Å². The van der Waals surface area contributed by atoms with Crippen LogP contribution in [-0.4, -0.2) is 74.9 Å². The average Bonchev–Trinajstić information content (AvgIpc) is 2.57. The van der Waals surface area contributed by atoms with Crippen LogP contribution in [0, 0.1) is 5.41 Å². The molecule has 3 aliphatic heterocycles. The maximum absolute atomic E-state index is 12.1. The summed E-state index contributed by atoms with van der Waals surface area (Å²) in [6, 6.07) is 0.691. The molecular formula is C17H30N2O3. The Morgan fingerprint density at radius 2 is 2.09 bits per heavy atom. The highest BCUT2D eigenvalue weighted by Gasteiger charge is 2.42. The zero-order chi connectivity index (χ0) is 15.4. The monoisotopic (exact) mass is 310 g/mol. The van der Waals surface area contributed by atoms with E-state index in [1.807, 2.05) is 4.90 Å². The zero-order valence-corrected chi connectivity index (χ0v) is 13.9. The van der Waals surface area contributed by atoms with Crippen LogP contribution in [0.4, 0.5) is 0 Å². The van der Waals surface area contributed by atoms with Crippen LogP contribution in [0.3, 0.4) is 0 Å². The molecule has 0 N–H and O–H groups in total. The second-order valence-corrected chi connectivity index (χ2v) is 7.23.